The molecule has 0 fully saturated rings. The zero-order valence-electron chi connectivity index (χ0n) is 19.3. The minimum absolute atomic E-state index is 0.0689. The van der Waals surface area contributed by atoms with E-state index in [2.05, 4.69) is 33.6 Å². The van der Waals surface area contributed by atoms with E-state index in [1.54, 1.807) is 0 Å². The predicted molar refractivity (Wildman–Crippen MR) is 130 cm³/mol. The third-order valence-corrected chi connectivity index (χ3v) is 5.11. The van der Waals surface area contributed by atoms with Gasteiger partial charge >= 0.3 is 5.97 Å². The first kappa shape index (κ1) is 31.4. The summed E-state index contributed by atoms with van der Waals surface area (Å²) in [5.74, 6) is -3.74. The first-order chi connectivity index (χ1) is 15.9. The number of carbonyl (C=O) groups is 4. The molecule has 3 amide bonds. The summed E-state index contributed by atoms with van der Waals surface area (Å²) in [5, 5.41) is 25.8. The minimum Gasteiger partial charge on any atom is -0.480 e. The summed E-state index contributed by atoms with van der Waals surface area (Å²) >= 11 is 4.04. The molecule has 5 unspecified atom stereocenters. The highest BCUT2D eigenvalue weighted by atomic mass is 32.1. The Morgan fingerprint density at radius 2 is 1.53 bits per heavy atom. The number of carboxylic acid groups (broad SMARTS) is 1. The highest BCUT2D eigenvalue weighted by Gasteiger charge is 2.31. The molecule has 0 aromatic heterocycles. The number of amides is 3. The van der Waals surface area contributed by atoms with Gasteiger partial charge in [-0.2, -0.15) is 12.6 Å². The Bertz CT molecular complexity index is 704. The number of aliphatic hydroxyl groups is 1. The Hall–Kier alpha value is -2.62. The van der Waals surface area contributed by atoms with Crippen molar-refractivity contribution in [3.05, 3.63) is 0 Å². The van der Waals surface area contributed by atoms with Gasteiger partial charge in [-0.25, -0.2) is 4.79 Å². The number of guanidine groups is 1. The Morgan fingerprint density at radius 1 is 0.941 bits per heavy atom. The lowest BCUT2D eigenvalue weighted by Gasteiger charge is -2.25. The second-order valence-corrected chi connectivity index (χ2v) is 8.07. The standard InChI is InChI=1S/C19H38N8O6S/c1-10(28)14(18(32)33)27-17(31)13(9-34)26-16(30)12(6-2-3-7-20)25-15(29)11(21)5-4-8-24-19(22)23/h10-14,28,34H,2-9,20-21H2,1H3,(H,25,29)(H,26,30)(H,27,31)(H,32,33)(H4,22,23,24). The predicted octanol–water partition coefficient (Wildman–Crippen LogP) is -3.65. The fourth-order valence-corrected chi connectivity index (χ4v) is 3.06. The molecule has 196 valence electrons. The third kappa shape index (κ3) is 12.6. The molecule has 0 aliphatic rings. The molecular weight excluding hydrogens is 468 g/mol. The lowest BCUT2D eigenvalue weighted by Crippen LogP contribution is -2.58. The number of nitrogens with one attached hydrogen (secondary N) is 3. The fraction of sp³-hybridized carbons (Fsp3) is 0.737. The van der Waals surface area contributed by atoms with Crippen molar-refractivity contribution in [1.82, 2.24) is 16.0 Å². The summed E-state index contributed by atoms with van der Waals surface area (Å²) in [7, 11) is 0. The number of hydrogen-bond acceptors (Lipinski definition) is 9. The van der Waals surface area contributed by atoms with Crippen molar-refractivity contribution in [2.24, 2.45) is 27.9 Å². The van der Waals surface area contributed by atoms with Crippen molar-refractivity contribution in [2.45, 2.75) is 69.3 Å². The molecule has 0 radical (unpaired) electrons. The number of rotatable bonds is 17. The second kappa shape index (κ2) is 16.9. The summed E-state index contributed by atoms with van der Waals surface area (Å²) in [6.45, 7) is 1.90. The number of nitrogens with two attached hydrogens (primary N) is 4. The maximum absolute atomic E-state index is 12.8. The number of aliphatic hydroxyl groups excluding tert-OH is 1. The van der Waals surface area contributed by atoms with Gasteiger partial charge in [0.1, 0.15) is 12.1 Å². The zero-order valence-corrected chi connectivity index (χ0v) is 20.2. The van der Waals surface area contributed by atoms with Gasteiger partial charge in [-0.3, -0.25) is 19.4 Å². The highest BCUT2D eigenvalue weighted by molar-refractivity contribution is 7.80. The van der Waals surface area contributed by atoms with Crippen LogP contribution >= 0.6 is 12.6 Å². The lowest BCUT2D eigenvalue weighted by atomic mass is 10.1. The van der Waals surface area contributed by atoms with Gasteiger partial charge in [-0.05, 0) is 45.6 Å². The molecule has 15 heteroatoms. The molecule has 5 atom stereocenters. The Labute approximate surface area is 204 Å². The monoisotopic (exact) mass is 506 g/mol. The van der Waals surface area contributed by atoms with E-state index in [0.29, 0.717) is 32.4 Å². The van der Waals surface area contributed by atoms with Gasteiger partial charge in [-0.1, -0.05) is 0 Å². The number of thiol groups is 1. The van der Waals surface area contributed by atoms with Crippen molar-refractivity contribution in [1.29, 1.82) is 0 Å². The quantitative estimate of drug-likeness (QED) is 0.0400. The first-order valence-corrected chi connectivity index (χ1v) is 11.5. The van der Waals surface area contributed by atoms with E-state index in [1.807, 2.05) is 0 Å². The molecule has 0 rings (SSSR count). The normalized spacial score (nSPS) is 15.2. The Kier molecular flexibility index (Phi) is 15.6. The Morgan fingerprint density at radius 3 is 2.03 bits per heavy atom. The third-order valence-electron chi connectivity index (χ3n) is 4.75. The van der Waals surface area contributed by atoms with E-state index in [4.69, 9.17) is 28.0 Å². The van der Waals surface area contributed by atoms with Crippen LogP contribution in [-0.2, 0) is 19.2 Å². The van der Waals surface area contributed by atoms with Crippen LogP contribution in [0.25, 0.3) is 0 Å². The van der Waals surface area contributed by atoms with Crippen LogP contribution in [0.3, 0.4) is 0 Å². The fourth-order valence-electron chi connectivity index (χ4n) is 2.80. The SMILES string of the molecule is CC(O)C(NC(=O)C(CS)NC(=O)C(CCCCN)NC(=O)C(N)CCCN=C(N)N)C(=O)O. The highest BCUT2D eigenvalue weighted by Crippen LogP contribution is 2.05. The van der Waals surface area contributed by atoms with Crippen LogP contribution in [0.4, 0.5) is 0 Å². The van der Waals surface area contributed by atoms with Gasteiger partial charge in [0.15, 0.2) is 12.0 Å². The summed E-state index contributed by atoms with van der Waals surface area (Å²) in [4.78, 5) is 52.8. The van der Waals surface area contributed by atoms with E-state index < -0.39 is 54.0 Å². The van der Waals surface area contributed by atoms with Crippen LogP contribution in [0.2, 0.25) is 0 Å². The van der Waals surface area contributed by atoms with Crippen molar-refractivity contribution in [3.8, 4) is 0 Å². The van der Waals surface area contributed by atoms with Gasteiger partial charge in [0, 0.05) is 12.3 Å². The summed E-state index contributed by atoms with van der Waals surface area (Å²) in [5.41, 5.74) is 21.9. The number of aliphatic carboxylic acids is 1. The molecule has 0 aromatic rings. The van der Waals surface area contributed by atoms with Crippen LogP contribution in [-0.4, -0.2) is 89.0 Å². The van der Waals surface area contributed by atoms with Crippen molar-refractivity contribution >= 4 is 42.3 Å². The molecule has 0 aliphatic carbocycles. The van der Waals surface area contributed by atoms with Crippen molar-refractivity contribution < 1.29 is 29.4 Å². The average Bonchev–Trinajstić information content (AvgIpc) is 2.76. The van der Waals surface area contributed by atoms with Gasteiger partial charge < -0.3 is 49.1 Å². The number of carboxylic acids is 1. The Balaban J connectivity index is 5.17. The summed E-state index contributed by atoms with van der Waals surface area (Å²) in [6.07, 6.45) is 0.727. The lowest BCUT2D eigenvalue weighted by molar-refractivity contribution is -0.145. The molecule has 13 N–H and O–H groups in total. The van der Waals surface area contributed by atoms with E-state index in [9.17, 15) is 24.3 Å². The molecule has 14 nitrogen and oxygen atoms in total. The van der Waals surface area contributed by atoms with Gasteiger partial charge in [0.2, 0.25) is 17.7 Å². The maximum Gasteiger partial charge on any atom is 0.328 e. The molecule has 34 heavy (non-hydrogen) atoms. The topological polar surface area (TPSA) is 261 Å². The molecule has 0 heterocycles. The van der Waals surface area contributed by atoms with Gasteiger partial charge in [0.25, 0.3) is 0 Å². The maximum atomic E-state index is 12.8. The van der Waals surface area contributed by atoms with E-state index in [0.717, 1.165) is 0 Å². The smallest absolute Gasteiger partial charge is 0.328 e. The first-order valence-electron chi connectivity index (χ1n) is 10.9. The van der Waals surface area contributed by atoms with Crippen molar-refractivity contribution in [3.63, 3.8) is 0 Å². The van der Waals surface area contributed by atoms with Crippen LogP contribution < -0.4 is 38.9 Å². The largest absolute Gasteiger partial charge is 0.480 e. The number of aliphatic imine (C=N–C) groups is 1. The van der Waals surface area contributed by atoms with Crippen LogP contribution in [0.15, 0.2) is 4.99 Å². The number of hydrogen-bond donors (Lipinski definition) is 10. The molecule has 0 spiro atoms. The number of unbranched alkanes of at least 4 members (excludes halogenated alkanes) is 1. The molecule has 0 aromatic carbocycles. The van der Waals surface area contributed by atoms with Gasteiger partial charge in [-0.15, -0.1) is 0 Å². The molecule has 0 saturated heterocycles. The number of nitrogens with zero attached hydrogens (tertiary/aromatic N) is 1. The zero-order chi connectivity index (χ0) is 26.3. The molecule has 0 aliphatic heterocycles. The minimum atomic E-state index is -1.57. The van der Waals surface area contributed by atoms with Crippen LogP contribution in [0.5, 0.6) is 0 Å². The van der Waals surface area contributed by atoms with Gasteiger partial charge in [0.05, 0.1) is 12.1 Å². The van der Waals surface area contributed by atoms with Crippen molar-refractivity contribution in [2.75, 3.05) is 18.8 Å². The molecule has 0 bridgehead atoms. The summed E-state index contributed by atoms with van der Waals surface area (Å²) in [6, 6.07) is -4.70. The summed E-state index contributed by atoms with van der Waals surface area (Å²) < 4.78 is 0. The van der Waals surface area contributed by atoms with Crippen LogP contribution in [0.1, 0.15) is 39.0 Å². The number of carbonyl (C=O) groups excluding carboxylic acids is 3. The second-order valence-electron chi connectivity index (χ2n) is 7.71. The average molecular weight is 507 g/mol. The molecular formula is C19H38N8O6S. The van der Waals surface area contributed by atoms with E-state index in [-0.39, 0.29) is 24.6 Å². The van der Waals surface area contributed by atoms with E-state index >= 15 is 0 Å². The van der Waals surface area contributed by atoms with E-state index in [1.165, 1.54) is 6.92 Å². The molecule has 0 saturated carbocycles. The van der Waals surface area contributed by atoms with Crippen LogP contribution in [0, 0.1) is 0 Å².